The van der Waals surface area contributed by atoms with Gasteiger partial charge in [-0.15, -0.1) is 0 Å². The van der Waals surface area contributed by atoms with Gasteiger partial charge in [-0.1, -0.05) is 12.1 Å². The van der Waals surface area contributed by atoms with Gasteiger partial charge in [0.1, 0.15) is 5.75 Å². The van der Waals surface area contributed by atoms with E-state index in [4.69, 9.17) is 5.11 Å². The average molecular weight is 207 g/mol. The van der Waals surface area contributed by atoms with E-state index in [1.807, 2.05) is 0 Å². The maximum absolute atomic E-state index is 9.80. The molecule has 0 saturated heterocycles. The third-order valence-electron chi connectivity index (χ3n) is 2.75. The normalized spacial score (nSPS) is 17.7. The molecule has 3 heteroatoms. The van der Waals surface area contributed by atoms with E-state index in [0.717, 1.165) is 18.0 Å². The molecule has 1 aliphatic carbocycles. The lowest BCUT2D eigenvalue weighted by molar-refractivity contribution is 0.174. The molecule has 0 bridgehead atoms. The van der Waals surface area contributed by atoms with Crippen LogP contribution in [0.2, 0.25) is 0 Å². The number of aliphatic hydroxyl groups excluding tert-OH is 1. The number of phenols is 1. The van der Waals surface area contributed by atoms with Crippen molar-refractivity contribution in [1.82, 2.24) is 5.32 Å². The Hall–Kier alpha value is -1.06. The van der Waals surface area contributed by atoms with E-state index in [2.05, 4.69) is 5.32 Å². The molecule has 1 aliphatic rings. The molecule has 1 aromatic carbocycles. The van der Waals surface area contributed by atoms with Crippen LogP contribution in [-0.2, 0) is 0 Å². The minimum atomic E-state index is -0.482. The summed E-state index contributed by atoms with van der Waals surface area (Å²) in [6.07, 6.45) is 2.16. The molecule has 82 valence electrons. The first-order valence-corrected chi connectivity index (χ1v) is 5.43. The maximum Gasteiger partial charge on any atom is 0.115 e. The molecule has 1 fully saturated rings. The fraction of sp³-hybridized carbons (Fsp3) is 0.500. The van der Waals surface area contributed by atoms with Crippen molar-refractivity contribution in [2.75, 3.05) is 13.1 Å². The fourth-order valence-electron chi connectivity index (χ4n) is 1.56. The lowest BCUT2D eigenvalue weighted by atomic mass is 10.1. The summed E-state index contributed by atoms with van der Waals surface area (Å²) in [5.74, 6) is 1.06. The minimum absolute atomic E-state index is 0.233. The molecule has 1 aromatic rings. The Kier molecular flexibility index (Phi) is 3.23. The fourth-order valence-corrected chi connectivity index (χ4v) is 1.56. The molecule has 15 heavy (non-hydrogen) atoms. The van der Waals surface area contributed by atoms with Gasteiger partial charge in [0.2, 0.25) is 0 Å². The molecular weight excluding hydrogens is 190 g/mol. The first kappa shape index (κ1) is 10.5. The number of hydrogen-bond acceptors (Lipinski definition) is 3. The molecule has 0 amide bonds. The number of aromatic hydroxyl groups is 1. The molecule has 3 nitrogen and oxygen atoms in total. The van der Waals surface area contributed by atoms with Gasteiger partial charge in [0, 0.05) is 6.54 Å². The van der Waals surface area contributed by atoms with Crippen LogP contribution in [0.15, 0.2) is 24.3 Å². The molecule has 0 aliphatic heterocycles. The lowest BCUT2D eigenvalue weighted by Gasteiger charge is -2.11. The van der Waals surface area contributed by atoms with E-state index in [9.17, 15) is 5.11 Å². The van der Waals surface area contributed by atoms with Crippen LogP contribution in [0.3, 0.4) is 0 Å². The Morgan fingerprint density at radius 3 is 2.53 bits per heavy atom. The standard InChI is InChI=1S/C12H17NO2/c14-11-5-3-10(4-6-11)12(15)8-13-7-9-1-2-9/h3-6,9,12-15H,1-2,7-8H2. The Bertz CT molecular complexity index is 306. The van der Waals surface area contributed by atoms with Gasteiger partial charge in [0.25, 0.3) is 0 Å². The molecule has 0 radical (unpaired) electrons. The molecule has 1 saturated carbocycles. The van der Waals surface area contributed by atoms with Crippen LogP contribution >= 0.6 is 0 Å². The monoisotopic (exact) mass is 207 g/mol. The van der Waals surface area contributed by atoms with Crippen molar-refractivity contribution in [3.8, 4) is 5.75 Å². The molecular formula is C12H17NO2. The molecule has 0 aromatic heterocycles. The Balaban J connectivity index is 1.78. The van der Waals surface area contributed by atoms with Gasteiger partial charge in [0.15, 0.2) is 0 Å². The van der Waals surface area contributed by atoms with Crippen LogP contribution in [-0.4, -0.2) is 23.3 Å². The molecule has 3 N–H and O–H groups in total. The Labute approximate surface area is 89.8 Å². The molecule has 1 unspecified atom stereocenters. The summed E-state index contributed by atoms with van der Waals surface area (Å²) in [5, 5.41) is 22.1. The minimum Gasteiger partial charge on any atom is -0.508 e. The zero-order chi connectivity index (χ0) is 10.7. The summed E-state index contributed by atoms with van der Waals surface area (Å²) in [5.41, 5.74) is 0.844. The van der Waals surface area contributed by atoms with Gasteiger partial charge < -0.3 is 15.5 Å². The van der Waals surface area contributed by atoms with Crippen molar-refractivity contribution in [3.05, 3.63) is 29.8 Å². The number of nitrogens with one attached hydrogen (secondary N) is 1. The summed E-state index contributed by atoms with van der Waals surface area (Å²) in [4.78, 5) is 0. The summed E-state index contributed by atoms with van der Waals surface area (Å²) >= 11 is 0. The van der Waals surface area contributed by atoms with E-state index in [1.54, 1.807) is 24.3 Å². The maximum atomic E-state index is 9.80. The first-order valence-electron chi connectivity index (χ1n) is 5.43. The Morgan fingerprint density at radius 2 is 1.93 bits per heavy atom. The third kappa shape index (κ3) is 3.22. The van der Waals surface area contributed by atoms with Gasteiger partial charge in [-0.2, -0.15) is 0 Å². The van der Waals surface area contributed by atoms with Crippen LogP contribution < -0.4 is 5.32 Å². The number of aliphatic hydroxyl groups is 1. The predicted molar refractivity (Wildman–Crippen MR) is 58.7 cm³/mol. The second kappa shape index (κ2) is 4.64. The zero-order valence-corrected chi connectivity index (χ0v) is 8.69. The highest BCUT2D eigenvalue weighted by Crippen LogP contribution is 2.27. The number of benzene rings is 1. The largest absolute Gasteiger partial charge is 0.508 e. The average Bonchev–Trinajstić information content (AvgIpc) is 3.02. The second-order valence-corrected chi connectivity index (χ2v) is 4.21. The van der Waals surface area contributed by atoms with E-state index < -0.39 is 6.10 Å². The Morgan fingerprint density at radius 1 is 1.27 bits per heavy atom. The van der Waals surface area contributed by atoms with Crippen molar-refractivity contribution >= 4 is 0 Å². The second-order valence-electron chi connectivity index (χ2n) is 4.21. The van der Waals surface area contributed by atoms with Crippen LogP contribution in [0, 0.1) is 5.92 Å². The highest BCUT2D eigenvalue weighted by Gasteiger charge is 2.20. The van der Waals surface area contributed by atoms with Gasteiger partial charge in [-0.3, -0.25) is 0 Å². The molecule has 2 rings (SSSR count). The SMILES string of the molecule is Oc1ccc(C(O)CNCC2CC2)cc1. The smallest absolute Gasteiger partial charge is 0.115 e. The number of phenolic OH excluding ortho intramolecular Hbond substituents is 1. The first-order chi connectivity index (χ1) is 7.25. The number of hydrogen-bond donors (Lipinski definition) is 3. The van der Waals surface area contributed by atoms with Crippen LogP contribution in [0.4, 0.5) is 0 Å². The van der Waals surface area contributed by atoms with Crippen LogP contribution in [0.5, 0.6) is 5.75 Å². The van der Waals surface area contributed by atoms with Gasteiger partial charge in [-0.25, -0.2) is 0 Å². The summed E-state index contributed by atoms with van der Waals surface area (Å²) < 4.78 is 0. The summed E-state index contributed by atoms with van der Waals surface area (Å²) in [6, 6.07) is 6.69. The number of rotatable bonds is 5. The van der Waals surface area contributed by atoms with Gasteiger partial charge >= 0.3 is 0 Å². The van der Waals surface area contributed by atoms with Gasteiger partial charge in [-0.05, 0) is 43.0 Å². The zero-order valence-electron chi connectivity index (χ0n) is 8.69. The highest BCUT2D eigenvalue weighted by atomic mass is 16.3. The van der Waals surface area contributed by atoms with Crippen LogP contribution in [0.1, 0.15) is 24.5 Å². The van der Waals surface area contributed by atoms with Crippen molar-refractivity contribution in [2.45, 2.75) is 18.9 Å². The predicted octanol–water partition coefficient (Wildman–Crippen LogP) is 1.43. The molecule has 0 spiro atoms. The van der Waals surface area contributed by atoms with E-state index in [1.165, 1.54) is 12.8 Å². The van der Waals surface area contributed by atoms with Crippen molar-refractivity contribution in [2.24, 2.45) is 5.92 Å². The van der Waals surface area contributed by atoms with Crippen LogP contribution in [0.25, 0.3) is 0 Å². The van der Waals surface area contributed by atoms with Gasteiger partial charge in [0.05, 0.1) is 6.10 Å². The molecule has 1 atom stereocenters. The lowest BCUT2D eigenvalue weighted by Crippen LogP contribution is -2.23. The van der Waals surface area contributed by atoms with E-state index in [0.29, 0.717) is 6.54 Å². The van der Waals surface area contributed by atoms with E-state index in [-0.39, 0.29) is 5.75 Å². The van der Waals surface area contributed by atoms with Crippen molar-refractivity contribution < 1.29 is 10.2 Å². The topological polar surface area (TPSA) is 52.5 Å². The van der Waals surface area contributed by atoms with Crippen molar-refractivity contribution in [3.63, 3.8) is 0 Å². The highest BCUT2D eigenvalue weighted by molar-refractivity contribution is 5.27. The van der Waals surface area contributed by atoms with E-state index >= 15 is 0 Å². The third-order valence-corrected chi connectivity index (χ3v) is 2.75. The summed E-state index contributed by atoms with van der Waals surface area (Å²) in [7, 11) is 0. The molecule has 0 heterocycles. The quantitative estimate of drug-likeness (QED) is 0.684. The summed E-state index contributed by atoms with van der Waals surface area (Å²) in [6.45, 7) is 1.59. The van der Waals surface area contributed by atoms with Crippen molar-refractivity contribution in [1.29, 1.82) is 0 Å².